The number of nitrogens with zero attached hydrogens (tertiary/aromatic N) is 1. The molecule has 6 aliphatic rings. The average Bonchev–Trinajstić information content (AvgIpc) is 3.06. The molecule has 0 aromatic heterocycles. The van der Waals surface area contributed by atoms with Crippen LogP contribution >= 0.6 is 23.2 Å². The second-order valence-electron chi connectivity index (χ2n) is 13.3. The molecule has 1 aromatic carbocycles. The van der Waals surface area contributed by atoms with Gasteiger partial charge in [-0.05, 0) is 66.9 Å². The molecule has 4 saturated carbocycles. The Morgan fingerprint density at radius 2 is 1.78 bits per heavy atom. The lowest BCUT2D eigenvalue weighted by atomic mass is 9.35. The number of Topliss-reactive ketones (excluding diaryl/α,β-unsaturated/α-hetero) is 1. The molecule has 7 rings (SSSR count). The lowest BCUT2D eigenvalue weighted by Gasteiger charge is -2.74. The predicted octanol–water partition coefficient (Wildman–Crippen LogP) is 3.52. The third kappa shape index (κ3) is 3.67. The number of ether oxygens (including phenoxy) is 2. The summed E-state index contributed by atoms with van der Waals surface area (Å²) in [4.78, 5) is 29.9. The predicted molar refractivity (Wildman–Crippen MR) is 154 cm³/mol. The number of alkyl halides is 2. The zero-order valence-corrected chi connectivity index (χ0v) is 25.0. The first kappa shape index (κ1) is 29.4. The number of aliphatic hydroxyl groups is 3. The van der Waals surface area contributed by atoms with Crippen molar-refractivity contribution in [3.63, 3.8) is 0 Å². The molecule has 1 aromatic rings. The number of carbonyl (C=O) groups is 2. The summed E-state index contributed by atoms with van der Waals surface area (Å²) >= 11 is 11.9. The Kier molecular flexibility index (Phi) is 7.12. The Morgan fingerprint density at radius 1 is 1.12 bits per heavy atom. The van der Waals surface area contributed by atoms with Crippen LogP contribution in [0.25, 0.3) is 0 Å². The fourth-order valence-corrected chi connectivity index (χ4v) is 10.0. The van der Waals surface area contributed by atoms with Crippen LogP contribution in [0.1, 0.15) is 49.9 Å². The van der Waals surface area contributed by atoms with Crippen LogP contribution in [-0.2, 0) is 14.3 Å². The summed E-state index contributed by atoms with van der Waals surface area (Å²) in [5.41, 5.74) is -1.74. The molecular formula is C31H39Cl2NO7. The highest BCUT2D eigenvalue weighted by atomic mass is 35.5. The fourth-order valence-electron chi connectivity index (χ4n) is 9.60. The van der Waals surface area contributed by atoms with E-state index < -0.39 is 69.9 Å². The van der Waals surface area contributed by atoms with Crippen molar-refractivity contribution in [1.29, 1.82) is 0 Å². The van der Waals surface area contributed by atoms with E-state index >= 15 is 0 Å². The van der Waals surface area contributed by atoms with Gasteiger partial charge in [0.2, 0.25) is 5.79 Å². The van der Waals surface area contributed by atoms with E-state index in [9.17, 15) is 24.9 Å². The number of rotatable bonds is 7. The van der Waals surface area contributed by atoms with Gasteiger partial charge in [0.25, 0.3) is 0 Å². The highest BCUT2D eigenvalue weighted by Crippen LogP contribution is 2.76. The molecular weight excluding hydrogens is 569 g/mol. The Bertz CT molecular complexity index is 1250. The molecule has 2 aliphatic heterocycles. The largest absolute Gasteiger partial charge is 0.457 e. The van der Waals surface area contributed by atoms with E-state index in [1.54, 1.807) is 24.3 Å². The van der Waals surface area contributed by atoms with Crippen LogP contribution in [0.4, 0.5) is 5.69 Å². The lowest BCUT2D eigenvalue weighted by Crippen LogP contribution is -2.85. The SMILES string of the molecule is C=C1C(=O)C23C(CCC1[C@H]2OC(=O)c1ccc(N(CCCl)CCCl)cc1)C12COC3(O)[C@@H](O)[C@@H]1C(C)(C)CC[C@@H]2O. The molecule has 6 fully saturated rings. The van der Waals surface area contributed by atoms with Gasteiger partial charge in [0.1, 0.15) is 17.6 Å². The maximum Gasteiger partial charge on any atom is 0.338 e. The molecule has 0 radical (unpaired) electrons. The summed E-state index contributed by atoms with van der Waals surface area (Å²) in [6.45, 7) is 9.37. The van der Waals surface area contributed by atoms with Crippen LogP contribution in [0.15, 0.2) is 36.4 Å². The molecule has 4 aliphatic carbocycles. The molecule has 10 heteroatoms. The molecule has 5 unspecified atom stereocenters. The van der Waals surface area contributed by atoms with Crippen molar-refractivity contribution >= 4 is 40.6 Å². The number of carbonyl (C=O) groups excluding carboxylic acids is 2. The smallest absolute Gasteiger partial charge is 0.338 e. The van der Waals surface area contributed by atoms with E-state index in [2.05, 4.69) is 6.58 Å². The normalized spacial score (nSPS) is 42.0. The second kappa shape index (κ2) is 9.93. The topological polar surface area (TPSA) is 117 Å². The van der Waals surface area contributed by atoms with E-state index in [0.717, 1.165) is 5.69 Å². The Balaban J connectivity index is 1.39. The minimum atomic E-state index is -2.29. The van der Waals surface area contributed by atoms with Crippen LogP contribution in [0.3, 0.4) is 0 Å². The Morgan fingerprint density at radius 3 is 2.41 bits per heavy atom. The van der Waals surface area contributed by atoms with E-state index in [-0.39, 0.29) is 17.7 Å². The van der Waals surface area contributed by atoms with Crippen molar-refractivity contribution in [2.45, 2.75) is 63.6 Å². The molecule has 2 saturated heterocycles. The quantitative estimate of drug-likeness (QED) is 0.245. The standard InChI is InChI=1S/C31H39Cl2NO7/c1-17-20-8-9-21-29-16-40-31(39,25(37)23(29)28(2,3)11-10-22(29)35)30(21,24(17)36)26(20)41-27(38)18-4-6-19(7-5-18)34(14-12-32)15-13-33/h4-7,20-23,25-26,35,37,39H,1,8-16H2,2-3H3/t20?,21?,22-,23+,25-,26+,29?,30?,31?/m0/s1. The summed E-state index contributed by atoms with van der Waals surface area (Å²) < 4.78 is 12.3. The minimum absolute atomic E-state index is 0.0237. The van der Waals surface area contributed by atoms with Gasteiger partial charge in [-0.3, -0.25) is 4.79 Å². The molecule has 2 spiro atoms. The zero-order chi connectivity index (χ0) is 29.5. The molecule has 2 heterocycles. The summed E-state index contributed by atoms with van der Waals surface area (Å²) in [5, 5.41) is 35.8. The fraction of sp³-hybridized carbons (Fsp3) is 0.677. The molecule has 0 amide bonds. The van der Waals surface area contributed by atoms with Gasteiger partial charge in [-0.2, -0.15) is 0 Å². The van der Waals surface area contributed by atoms with Crippen molar-refractivity contribution < 1.29 is 34.4 Å². The van der Waals surface area contributed by atoms with Gasteiger partial charge in [0, 0.05) is 47.8 Å². The van der Waals surface area contributed by atoms with Crippen molar-refractivity contribution in [2.24, 2.45) is 34.0 Å². The molecule has 8 nitrogen and oxygen atoms in total. The monoisotopic (exact) mass is 607 g/mol. The summed E-state index contributed by atoms with van der Waals surface area (Å²) in [6, 6.07) is 6.89. The Hall–Kier alpha value is -1.68. The van der Waals surface area contributed by atoms with Crippen LogP contribution < -0.4 is 4.90 Å². The third-order valence-electron chi connectivity index (χ3n) is 11.3. The minimum Gasteiger partial charge on any atom is -0.457 e. The van der Waals surface area contributed by atoms with Crippen molar-refractivity contribution in [3.8, 4) is 0 Å². The summed E-state index contributed by atoms with van der Waals surface area (Å²) in [7, 11) is 0. The number of hydrogen-bond acceptors (Lipinski definition) is 8. The molecule has 9 atom stereocenters. The maximum atomic E-state index is 14.2. The van der Waals surface area contributed by atoms with Crippen LogP contribution in [0, 0.1) is 34.0 Å². The van der Waals surface area contributed by atoms with Crippen molar-refractivity contribution in [2.75, 3.05) is 36.4 Å². The van der Waals surface area contributed by atoms with Gasteiger partial charge < -0.3 is 29.7 Å². The summed E-state index contributed by atoms with van der Waals surface area (Å²) in [5.74, 6) is -4.09. The molecule has 41 heavy (non-hydrogen) atoms. The van der Waals surface area contributed by atoms with Crippen LogP contribution in [0.5, 0.6) is 0 Å². The van der Waals surface area contributed by atoms with Crippen LogP contribution in [-0.4, -0.2) is 82.6 Å². The third-order valence-corrected chi connectivity index (χ3v) is 11.6. The van der Waals surface area contributed by atoms with E-state index in [1.807, 2.05) is 18.7 Å². The number of halogens is 2. The Labute approximate surface area is 250 Å². The first-order valence-corrected chi connectivity index (χ1v) is 15.6. The molecule has 224 valence electrons. The van der Waals surface area contributed by atoms with E-state index in [4.69, 9.17) is 32.7 Å². The van der Waals surface area contributed by atoms with E-state index in [0.29, 0.717) is 50.5 Å². The number of aliphatic hydroxyl groups excluding tert-OH is 2. The van der Waals surface area contributed by atoms with Gasteiger partial charge in [-0.1, -0.05) is 20.4 Å². The van der Waals surface area contributed by atoms with Gasteiger partial charge in [-0.15, -0.1) is 23.2 Å². The molecule has 4 bridgehead atoms. The first-order valence-electron chi connectivity index (χ1n) is 14.6. The number of anilines is 1. The number of fused-ring (bicyclic) bond motifs is 2. The van der Waals surface area contributed by atoms with Gasteiger partial charge in [-0.25, -0.2) is 4.79 Å². The zero-order valence-electron chi connectivity index (χ0n) is 23.5. The van der Waals surface area contributed by atoms with Gasteiger partial charge in [0.05, 0.1) is 18.3 Å². The number of esters is 1. The second-order valence-corrected chi connectivity index (χ2v) is 14.0. The number of benzene rings is 1. The van der Waals surface area contributed by atoms with E-state index in [1.165, 1.54) is 0 Å². The molecule has 3 N–H and O–H groups in total. The van der Waals surface area contributed by atoms with Crippen molar-refractivity contribution in [3.05, 3.63) is 42.0 Å². The van der Waals surface area contributed by atoms with Gasteiger partial charge >= 0.3 is 5.97 Å². The number of hydrogen-bond donors (Lipinski definition) is 3. The van der Waals surface area contributed by atoms with Crippen molar-refractivity contribution in [1.82, 2.24) is 0 Å². The lowest BCUT2D eigenvalue weighted by molar-refractivity contribution is -0.457. The number of ketones is 1. The van der Waals surface area contributed by atoms with Gasteiger partial charge in [0.15, 0.2) is 5.78 Å². The highest BCUT2D eigenvalue weighted by Gasteiger charge is 2.87. The maximum absolute atomic E-state index is 14.2. The summed E-state index contributed by atoms with van der Waals surface area (Å²) in [6.07, 6.45) is -1.19. The van der Waals surface area contributed by atoms with Crippen LogP contribution in [0.2, 0.25) is 0 Å². The highest BCUT2D eigenvalue weighted by molar-refractivity contribution is 6.18. The average molecular weight is 609 g/mol. The first-order chi connectivity index (χ1) is 19.4.